The molecule has 7 nitrogen and oxygen atoms in total. The van der Waals surface area contributed by atoms with Gasteiger partial charge in [0.1, 0.15) is 6.07 Å². The minimum atomic E-state index is -0.433. The predicted octanol–water partition coefficient (Wildman–Crippen LogP) is 1.64. The molecule has 0 N–H and O–H groups in total. The van der Waals surface area contributed by atoms with E-state index in [1.807, 2.05) is 7.05 Å². The van der Waals surface area contributed by atoms with Crippen LogP contribution < -0.4 is 0 Å². The highest BCUT2D eigenvalue weighted by atomic mass is 16.6. The Kier molecular flexibility index (Phi) is 3.16. The Morgan fingerprint density at radius 2 is 2.10 bits per heavy atom. The lowest BCUT2D eigenvalue weighted by Gasteiger charge is -2.23. The van der Waals surface area contributed by atoms with E-state index in [0.717, 1.165) is 29.9 Å². The summed E-state index contributed by atoms with van der Waals surface area (Å²) in [7, 11) is 2.01. The van der Waals surface area contributed by atoms with Crippen molar-refractivity contribution in [1.29, 1.82) is 5.26 Å². The second kappa shape index (κ2) is 5.00. The van der Waals surface area contributed by atoms with Crippen molar-refractivity contribution in [1.82, 2.24) is 14.7 Å². The molecule has 1 aromatic carbocycles. The van der Waals surface area contributed by atoms with E-state index in [4.69, 9.17) is 0 Å². The van der Waals surface area contributed by atoms with Crippen LogP contribution in [0.15, 0.2) is 24.3 Å². The molecule has 1 aliphatic rings. The van der Waals surface area contributed by atoms with Crippen LogP contribution in [0.2, 0.25) is 0 Å². The maximum atomic E-state index is 10.7. The summed E-state index contributed by atoms with van der Waals surface area (Å²) >= 11 is 0. The van der Waals surface area contributed by atoms with E-state index in [1.165, 1.54) is 12.1 Å². The first-order valence-electron chi connectivity index (χ1n) is 6.54. The number of hydrogen-bond acceptors (Lipinski definition) is 5. The molecule has 3 rings (SSSR count). The maximum absolute atomic E-state index is 10.7. The van der Waals surface area contributed by atoms with Crippen LogP contribution in [0.5, 0.6) is 0 Å². The van der Waals surface area contributed by atoms with Gasteiger partial charge in [0.05, 0.1) is 16.3 Å². The number of rotatable bonds is 2. The zero-order chi connectivity index (χ0) is 15.0. The summed E-state index contributed by atoms with van der Waals surface area (Å²) in [6, 6.07) is 8.34. The highest BCUT2D eigenvalue weighted by molar-refractivity contribution is 5.45. The number of aromatic nitrogens is 2. The van der Waals surface area contributed by atoms with Gasteiger partial charge in [-0.3, -0.25) is 10.1 Å². The highest BCUT2D eigenvalue weighted by Crippen LogP contribution is 2.25. The fourth-order valence-electron chi connectivity index (χ4n) is 2.57. The predicted molar refractivity (Wildman–Crippen MR) is 75.0 cm³/mol. The Morgan fingerprint density at radius 3 is 2.71 bits per heavy atom. The van der Waals surface area contributed by atoms with Crippen molar-refractivity contribution in [2.45, 2.75) is 13.0 Å². The van der Waals surface area contributed by atoms with E-state index >= 15 is 0 Å². The van der Waals surface area contributed by atoms with Crippen LogP contribution in [0.1, 0.15) is 17.0 Å². The molecule has 0 saturated carbocycles. The third kappa shape index (κ3) is 2.26. The van der Waals surface area contributed by atoms with Crippen molar-refractivity contribution in [3.05, 3.63) is 51.3 Å². The second-order valence-electron chi connectivity index (χ2n) is 5.06. The summed E-state index contributed by atoms with van der Waals surface area (Å²) < 4.78 is 1.73. The number of nitrogens with zero attached hydrogens (tertiary/aromatic N) is 5. The molecule has 0 unspecified atom stereocenters. The summed E-state index contributed by atoms with van der Waals surface area (Å²) in [5.41, 5.74) is 3.17. The van der Waals surface area contributed by atoms with Gasteiger partial charge in [0.15, 0.2) is 5.69 Å². The molecule has 2 aromatic rings. The summed E-state index contributed by atoms with van der Waals surface area (Å²) in [5, 5.41) is 24.3. The van der Waals surface area contributed by atoms with Crippen molar-refractivity contribution in [3.8, 4) is 11.8 Å². The van der Waals surface area contributed by atoms with Gasteiger partial charge in [0, 0.05) is 37.2 Å². The first kappa shape index (κ1) is 13.3. The fraction of sp³-hybridized carbons (Fsp3) is 0.286. The van der Waals surface area contributed by atoms with Crippen molar-refractivity contribution >= 4 is 5.69 Å². The van der Waals surface area contributed by atoms with E-state index < -0.39 is 4.92 Å². The Labute approximate surface area is 121 Å². The zero-order valence-corrected chi connectivity index (χ0v) is 11.5. The largest absolute Gasteiger partial charge is 0.302 e. The summed E-state index contributed by atoms with van der Waals surface area (Å²) in [4.78, 5) is 12.4. The van der Waals surface area contributed by atoms with Crippen molar-refractivity contribution in [3.63, 3.8) is 0 Å². The molecule has 0 fully saturated rings. The van der Waals surface area contributed by atoms with Gasteiger partial charge in [-0.25, -0.2) is 4.68 Å². The Bertz CT molecular complexity index is 742. The molecular formula is C14H13N5O2. The molecule has 0 spiro atoms. The third-order valence-corrected chi connectivity index (χ3v) is 3.66. The molecule has 1 aliphatic heterocycles. The Hall–Kier alpha value is -2.72. The van der Waals surface area contributed by atoms with Crippen LogP contribution >= 0.6 is 0 Å². The molecule has 0 radical (unpaired) electrons. The molecule has 106 valence electrons. The van der Waals surface area contributed by atoms with Gasteiger partial charge in [0.2, 0.25) is 0 Å². The fourth-order valence-corrected chi connectivity index (χ4v) is 2.57. The molecule has 1 aromatic heterocycles. The summed E-state index contributed by atoms with van der Waals surface area (Å²) in [5.74, 6) is 0. The minimum absolute atomic E-state index is 0.0417. The van der Waals surface area contributed by atoms with Gasteiger partial charge in [-0.05, 0) is 19.2 Å². The van der Waals surface area contributed by atoms with Crippen LogP contribution in [-0.2, 0) is 13.0 Å². The summed E-state index contributed by atoms with van der Waals surface area (Å²) in [6.45, 7) is 1.60. The van der Waals surface area contributed by atoms with Gasteiger partial charge in [0.25, 0.3) is 5.69 Å². The lowest BCUT2D eigenvalue weighted by Crippen LogP contribution is -2.27. The number of benzene rings is 1. The number of likely N-dealkylation sites (N-methyl/N-ethyl adjacent to an activating group) is 1. The van der Waals surface area contributed by atoms with Gasteiger partial charge in [-0.2, -0.15) is 10.4 Å². The molecule has 0 amide bonds. The Balaban J connectivity index is 2.07. The molecule has 0 saturated heterocycles. The van der Waals surface area contributed by atoms with E-state index in [1.54, 1.807) is 16.8 Å². The average molecular weight is 283 g/mol. The quantitative estimate of drug-likeness (QED) is 0.617. The third-order valence-electron chi connectivity index (χ3n) is 3.66. The number of nitro benzene ring substituents is 1. The summed E-state index contributed by atoms with van der Waals surface area (Å²) in [6.07, 6.45) is 0.803. The van der Waals surface area contributed by atoms with E-state index in [2.05, 4.69) is 16.1 Å². The number of nitro groups is 1. The zero-order valence-electron chi connectivity index (χ0n) is 11.5. The number of non-ortho nitro benzene ring substituents is 1. The molecular weight excluding hydrogens is 270 g/mol. The molecule has 0 atom stereocenters. The normalized spacial score (nSPS) is 14.5. The molecule has 7 heteroatoms. The topological polar surface area (TPSA) is 88.0 Å². The van der Waals surface area contributed by atoms with E-state index in [9.17, 15) is 15.4 Å². The number of hydrogen-bond donors (Lipinski definition) is 0. The van der Waals surface area contributed by atoms with E-state index in [-0.39, 0.29) is 5.69 Å². The van der Waals surface area contributed by atoms with Gasteiger partial charge in [-0.1, -0.05) is 0 Å². The highest BCUT2D eigenvalue weighted by Gasteiger charge is 2.24. The average Bonchev–Trinajstić information content (AvgIpc) is 2.85. The standard InChI is InChI=1S/C14H13N5O2/c1-17-7-6-14-12(9-17)13(8-15)16-18(14)10-2-4-11(5-3-10)19(20)21/h2-5H,6-7,9H2,1H3. The van der Waals surface area contributed by atoms with Crippen LogP contribution in [0, 0.1) is 21.4 Å². The molecule has 0 bridgehead atoms. The maximum Gasteiger partial charge on any atom is 0.269 e. The first-order chi connectivity index (χ1) is 10.1. The van der Waals surface area contributed by atoms with Crippen molar-refractivity contribution < 1.29 is 4.92 Å². The minimum Gasteiger partial charge on any atom is -0.302 e. The van der Waals surface area contributed by atoms with Crippen molar-refractivity contribution in [2.24, 2.45) is 0 Å². The van der Waals surface area contributed by atoms with Crippen LogP contribution in [0.25, 0.3) is 5.69 Å². The van der Waals surface area contributed by atoms with Gasteiger partial charge >= 0.3 is 0 Å². The van der Waals surface area contributed by atoms with Crippen molar-refractivity contribution in [2.75, 3.05) is 13.6 Å². The first-order valence-corrected chi connectivity index (χ1v) is 6.54. The lowest BCUT2D eigenvalue weighted by atomic mass is 10.1. The SMILES string of the molecule is CN1CCc2c(c(C#N)nn2-c2ccc([N+](=O)[O-])cc2)C1. The molecule has 0 aliphatic carbocycles. The number of nitriles is 1. The van der Waals surface area contributed by atoms with Crippen LogP contribution in [0.4, 0.5) is 5.69 Å². The van der Waals surface area contributed by atoms with Gasteiger partial charge < -0.3 is 4.90 Å². The van der Waals surface area contributed by atoms with E-state index in [0.29, 0.717) is 12.2 Å². The number of fused-ring (bicyclic) bond motifs is 1. The van der Waals surface area contributed by atoms with Gasteiger partial charge in [-0.15, -0.1) is 0 Å². The smallest absolute Gasteiger partial charge is 0.269 e. The lowest BCUT2D eigenvalue weighted by molar-refractivity contribution is -0.384. The molecule has 2 heterocycles. The Morgan fingerprint density at radius 1 is 1.38 bits per heavy atom. The monoisotopic (exact) mass is 283 g/mol. The second-order valence-corrected chi connectivity index (χ2v) is 5.06. The van der Waals surface area contributed by atoms with Crippen LogP contribution in [0.3, 0.4) is 0 Å². The molecule has 21 heavy (non-hydrogen) atoms. The van der Waals surface area contributed by atoms with Crippen LogP contribution in [-0.4, -0.2) is 33.2 Å².